The lowest BCUT2D eigenvalue weighted by molar-refractivity contribution is -0.274. The highest BCUT2D eigenvalue weighted by atomic mass is 19.4. The standard InChI is InChI=1S/C22H21F3N4O5/c1-21(14-7-9-16(10-8-14)34-22(23,24)25)19(32)29(20(33)27-21)13-18(31)28(12-11-17(26)30)15-5-3-2-4-6-15/h2-10H,11-13H2,1H3,(H2,26,30)(H,27,33). The van der Waals surface area contributed by atoms with Crippen molar-refractivity contribution in [3.8, 4) is 5.75 Å². The molecule has 1 saturated heterocycles. The number of imide groups is 1. The maximum atomic E-state index is 13.1. The van der Waals surface area contributed by atoms with Crippen molar-refractivity contribution in [3.05, 3.63) is 60.2 Å². The zero-order chi connectivity index (χ0) is 25.1. The van der Waals surface area contributed by atoms with E-state index in [1.165, 1.54) is 24.0 Å². The lowest BCUT2D eigenvalue weighted by Crippen LogP contribution is -2.45. The van der Waals surface area contributed by atoms with Crippen molar-refractivity contribution >= 4 is 29.4 Å². The van der Waals surface area contributed by atoms with Gasteiger partial charge in [0, 0.05) is 18.7 Å². The first-order valence-electron chi connectivity index (χ1n) is 10.0. The van der Waals surface area contributed by atoms with Crippen LogP contribution in [0.2, 0.25) is 0 Å². The molecule has 1 heterocycles. The molecule has 3 rings (SSSR count). The maximum absolute atomic E-state index is 13.1. The quantitative estimate of drug-likeness (QED) is 0.564. The highest BCUT2D eigenvalue weighted by Gasteiger charge is 2.49. The minimum absolute atomic E-state index is 0.0558. The third kappa shape index (κ3) is 5.45. The minimum atomic E-state index is -4.88. The minimum Gasteiger partial charge on any atom is -0.406 e. The lowest BCUT2D eigenvalue weighted by atomic mass is 9.92. The van der Waals surface area contributed by atoms with Crippen molar-refractivity contribution in [2.45, 2.75) is 25.2 Å². The van der Waals surface area contributed by atoms with Gasteiger partial charge in [-0.2, -0.15) is 0 Å². The zero-order valence-electron chi connectivity index (χ0n) is 18.0. The molecule has 1 fully saturated rings. The number of nitrogens with zero attached hydrogens (tertiary/aromatic N) is 2. The van der Waals surface area contributed by atoms with Crippen molar-refractivity contribution in [3.63, 3.8) is 0 Å². The van der Waals surface area contributed by atoms with Gasteiger partial charge in [-0.05, 0) is 36.8 Å². The van der Waals surface area contributed by atoms with Gasteiger partial charge < -0.3 is 20.7 Å². The number of hydrogen-bond acceptors (Lipinski definition) is 5. The molecule has 5 amide bonds. The number of nitrogens with two attached hydrogens (primary N) is 1. The summed E-state index contributed by atoms with van der Waals surface area (Å²) in [6.45, 7) is 0.697. The molecule has 0 saturated carbocycles. The summed E-state index contributed by atoms with van der Waals surface area (Å²) >= 11 is 0. The second-order valence-corrected chi connectivity index (χ2v) is 7.62. The van der Waals surface area contributed by atoms with E-state index in [0.29, 0.717) is 10.6 Å². The number of nitrogens with one attached hydrogen (secondary N) is 1. The molecule has 0 bridgehead atoms. The van der Waals surface area contributed by atoms with Gasteiger partial charge in [-0.15, -0.1) is 13.2 Å². The monoisotopic (exact) mass is 478 g/mol. The number of anilines is 1. The van der Waals surface area contributed by atoms with Gasteiger partial charge in [0.25, 0.3) is 5.91 Å². The number of carbonyl (C=O) groups is 4. The van der Waals surface area contributed by atoms with E-state index in [4.69, 9.17) is 5.73 Å². The van der Waals surface area contributed by atoms with Crippen LogP contribution < -0.4 is 20.7 Å². The molecule has 180 valence electrons. The molecular weight excluding hydrogens is 457 g/mol. The number of primary amides is 1. The average Bonchev–Trinajstić information content (AvgIpc) is 2.97. The number of amides is 5. The van der Waals surface area contributed by atoms with Crippen molar-refractivity contribution < 1.29 is 37.1 Å². The molecule has 0 aliphatic carbocycles. The number of alkyl halides is 3. The number of halogens is 3. The van der Waals surface area contributed by atoms with Crippen LogP contribution in [0.4, 0.5) is 23.7 Å². The molecule has 1 atom stereocenters. The van der Waals surface area contributed by atoms with Crippen LogP contribution in [0.3, 0.4) is 0 Å². The molecule has 9 nitrogen and oxygen atoms in total. The Labute approximate surface area is 192 Å². The van der Waals surface area contributed by atoms with Gasteiger partial charge in [-0.3, -0.25) is 19.3 Å². The Balaban J connectivity index is 1.79. The summed E-state index contributed by atoms with van der Waals surface area (Å²) in [5.41, 5.74) is 4.23. The number of ether oxygens (including phenoxy) is 1. The summed E-state index contributed by atoms with van der Waals surface area (Å²) < 4.78 is 41.0. The average molecular weight is 478 g/mol. The van der Waals surface area contributed by atoms with Gasteiger partial charge in [0.05, 0.1) is 0 Å². The second-order valence-electron chi connectivity index (χ2n) is 7.62. The van der Waals surface area contributed by atoms with Crippen LogP contribution in [-0.2, 0) is 19.9 Å². The SMILES string of the molecule is CC1(c2ccc(OC(F)(F)F)cc2)NC(=O)N(CC(=O)N(CCC(N)=O)c2ccccc2)C1=O. The van der Waals surface area contributed by atoms with Crippen LogP contribution in [0, 0.1) is 0 Å². The topological polar surface area (TPSA) is 122 Å². The lowest BCUT2D eigenvalue weighted by Gasteiger charge is -2.25. The molecule has 2 aromatic carbocycles. The highest BCUT2D eigenvalue weighted by Crippen LogP contribution is 2.31. The Morgan fingerprint density at radius 2 is 1.71 bits per heavy atom. The van der Waals surface area contributed by atoms with Gasteiger partial charge in [-0.1, -0.05) is 30.3 Å². The first kappa shape index (κ1) is 24.6. The van der Waals surface area contributed by atoms with Crippen LogP contribution in [0.5, 0.6) is 5.75 Å². The Hall–Kier alpha value is -4.09. The fourth-order valence-electron chi connectivity index (χ4n) is 3.47. The third-order valence-corrected chi connectivity index (χ3v) is 5.18. The molecule has 3 N–H and O–H groups in total. The summed E-state index contributed by atoms with van der Waals surface area (Å²) in [7, 11) is 0. The molecule has 0 radical (unpaired) electrons. The Morgan fingerprint density at radius 1 is 1.09 bits per heavy atom. The number of carbonyl (C=O) groups excluding carboxylic acids is 4. The summed E-state index contributed by atoms with van der Waals surface area (Å²) in [4.78, 5) is 51.9. The van der Waals surface area contributed by atoms with E-state index in [1.807, 2.05) is 0 Å². The summed E-state index contributed by atoms with van der Waals surface area (Å²) in [5.74, 6) is -2.52. The molecule has 0 aromatic heterocycles. The van der Waals surface area contributed by atoms with Crippen molar-refractivity contribution in [1.82, 2.24) is 10.2 Å². The number of rotatable bonds is 8. The Morgan fingerprint density at radius 3 is 2.26 bits per heavy atom. The Bertz CT molecular complexity index is 1090. The van der Waals surface area contributed by atoms with Crippen molar-refractivity contribution in [2.75, 3.05) is 18.0 Å². The maximum Gasteiger partial charge on any atom is 0.573 e. The molecule has 1 aliphatic rings. The van der Waals surface area contributed by atoms with E-state index in [-0.39, 0.29) is 18.5 Å². The van der Waals surface area contributed by atoms with Crippen molar-refractivity contribution in [1.29, 1.82) is 0 Å². The van der Waals surface area contributed by atoms with E-state index in [1.54, 1.807) is 30.3 Å². The fraction of sp³-hybridized carbons (Fsp3) is 0.273. The predicted octanol–water partition coefficient (Wildman–Crippen LogP) is 2.26. The van der Waals surface area contributed by atoms with Crippen LogP contribution >= 0.6 is 0 Å². The number of hydrogen-bond donors (Lipinski definition) is 2. The van der Waals surface area contributed by atoms with Crippen LogP contribution in [0.1, 0.15) is 18.9 Å². The second kappa shape index (κ2) is 9.41. The number of benzene rings is 2. The zero-order valence-corrected chi connectivity index (χ0v) is 18.0. The normalized spacial score (nSPS) is 17.9. The first-order chi connectivity index (χ1) is 15.9. The third-order valence-electron chi connectivity index (χ3n) is 5.18. The molecule has 2 aromatic rings. The Kier molecular flexibility index (Phi) is 6.80. The van der Waals surface area contributed by atoms with Gasteiger partial charge in [0.2, 0.25) is 11.8 Å². The smallest absolute Gasteiger partial charge is 0.406 e. The van der Waals surface area contributed by atoms with Gasteiger partial charge in [-0.25, -0.2) is 4.79 Å². The summed E-state index contributed by atoms with van der Waals surface area (Å²) in [5, 5.41) is 2.48. The van der Waals surface area contributed by atoms with E-state index >= 15 is 0 Å². The van der Waals surface area contributed by atoms with Crippen LogP contribution in [0.25, 0.3) is 0 Å². The first-order valence-corrected chi connectivity index (χ1v) is 10.0. The molecule has 0 spiro atoms. The number of para-hydroxylation sites is 1. The number of urea groups is 1. The van der Waals surface area contributed by atoms with Gasteiger partial charge >= 0.3 is 12.4 Å². The molecule has 1 aliphatic heterocycles. The van der Waals surface area contributed by atoms with Gasteiger partial charge in [0.1, 0.15) is 17.8 Å². The summed E-state index contributed by atoms with van der Waals surface area (Å²) in [6.07, 6.45) is -5.01. The van der Waals surface area contributed by atoms with Crippen LogP contribution in [-0.4, -0.2) is 48.1 Å². The van der Waals surface area contributed by atoms with Crippen molar-refractivity contribution in [2.24, 2.45) is 5.73 Å². The molecule has 12 heteroatoms. The summed E-state index contributed by atoms with van der Waals surface area (Å²) in [6, 6.07) is 12.0. The van der Waals surface area contributed by atoms with Gasteiger partial charge in [0.15, 0.2) is 0 Å². The molecule has 1 unspecified atom stereocenters. The van der Waals surface area contributed by atoms with E-state index in [0.717, 1.165) is 12.1 Å². The predicted molar refractivity (Wildman–Crippen MR) is 113 cm³/mol. The van der Waals surface area contributed by atoms with E-state index < -0.39 is 47.9 Å². The van der Waals surface area contributed by atoms with E-state index in [2.05, 4.69) is 10.1 Å². The highest BCUT2D eigenvalue weighted by molar-refractivity contribution is 6.10. The van der Waals surface area contributed by atoms with E-state index in [9.17, 15) is 32.3 Å². The largest absolute Gasteiger partial charge is 0.573 e. The molecule has 34 heavy (non-hydrogen) atoms. The fourth-order valence-corrected chi connectivity index (χ4v) is 3.47. The molecular formula is C22H21F3N4O5. The van der Waals surface area contributed by atoms with Crippen LogP contribution in [0.15, 0.2) is 54.6 Å².